The first-order valence-electron chi connectivity index (χ1n) is 7.90. The highest BCUT2D eigenvalue weighted by molar-refractivity contribution is 8.01. The van der Waals surface area contributed by atoms with E-state index in [-0.39, 0.29) is 18.2 Å². The lowest BCUT2D eigenvalue weighted by Crippen LogP contribution is -2.44. The Labute approximate surface area is 148 Å². The van der Waals surface area contributed by atoms with Gasteiger partial charge in [0, 0.05) is 29.9 Å². The summed E-state index contributed by atoms with van der Waals surface area (Å²) in [5.41, 5.74) is 1.88. The number of rotatable bonds is 6. The SMILES string of the molecule is COC(=O)C(Cc1c[nH]c2ccccc12)NC(=O)CC1SCNC1=O. The summed E-state index contributed by atoms with van der Waals surface area (Å²) in [6, 6.07) is 6.94. The van der Waals surface area contributed by atoms with E-state index >= 15 is 0 Å². The number of methoxy groups -OCH3 is 1. The molecular weight excluding hydrogens is 342 g/mol. The number of nitrogens with one attached hydrogen (secondary N) is 3. The third-order valence-corrected chi connectivity index (χ3v) is 5.21. The van der Waals surface area contributed by atoms with Crippen LogP contribution in [-0.2, 0) is 25.5 Å². The number of aromatic nitrogens is 1. The number of esters is 1. The Hall–Kier alpha value is -2.48. The maximum absolute atomic E-state index is 12.2. The van der Waals surface area contributed by atoms with E-state index in [0.717, 1.165) is 16.5 Å². The maximum atomic E-state index is 12.2. The van der Waals surface area contributed by atoms with Gasteiger partial charge in [0.2, 0.25) is 11.8 Å². The Morgan fingerprint density at radius 1 is 1.40 bits per heavy atom. The average Bonchev–Trinajstić information content (AvgIpc) is 3.20. The predicted molar refractivity (Wildman–Crippen MR) is 95.0 cm³/mol. The molecule has 0 saturated carbocycles. The third kappa shape index (κ3) is 3.96. The van der Waals surface area contributed by atoms with Gasteiger partial charge in [0.25, 0.3) is 0 Å². The van der Waals surface area contributed by atoms with Crippen molar-refractivity contribution >= 4 is 40.4 Å². The summed E-state index contributed by atoms with van der Waals surface area (Å²) in [5.74, 6) is -0.495. The quantitative estimate of drug-likeness (QED) is 0.665. The number of carbonyl (C=O) groups is 3. The van der Waals surface area contributed by atoms with E-state index in [1.54, 1.807) is 0 Å². The molecular formula is C17H19N3O4S. The van der Waals surface area contributed by atoms with Crippen molar-refractivity contribution in [1.29, 1.82) is 0 Å². The lowest BCUT2D eigenvalue weighted by molar-refractivity contribution is -0.145. The van der Waals surface area contributed by atoms with Gasteiger partial charge >= 0.3 is 5.97 Å². The fourth-order valence-corrected chi connectivity index (χ4v) is 3.76. The third-order valence-electron chi connectivity index (χ3n) is 4.11. The van der Waals surface area contributed by atoms with E-state index in [4.69, 9.17) is 4.74 Å². The first-order valence-corrected chi connectivity index (χ1v) is 8.95. The lowest BCUT2D eigenvalue weighted by atomic mass is 10.0. The van der Waals surface area contributed by atoms with Gasteiger partial charge in [-0.3, -0.25) is 9.59 Å². The summed E-state index contributed by atoms with van der Waals surface area (Å²) in [5, 5.41) is 5.95. The zero-order valence-electron chi connectivity index (χ0n) is 13.7. The van der Waals surface area contributed by atoms with Crippen LogP contribution in [0.1, 0.15) is 12.0 Å². The Morgan fingerprint density at radius 3 is 2.92 bits per heavy atom. The molecule has 132 valence electrons. The number of benzene rings is 1. The fourth-order valence-electron chi connectivity index (χ4n) is 2.83. The average molecular weight is 361 g/mol. The van der Waals surface area contributed by atoms with E-state index in [9.17, 15) is 14.4 Å². The van der Waals surface area contributed by atoms with E-state index in [0.29, 0.717) is 12.3 Å². The van der Waals surface area contributed by atoms with Crippen molar-refractivity contribution in [2.24, 2.45) is 0 Å². The molecule has 1 aromatic carbocycles. The van der Waals surface area contributed by atoms with Gasteiger partial charge in [-0.2, -0.15) is 0 Å². The van der Waals surface area contributed by atoms with Crippen LogP contribution in [0, 0.1) is 0 Å². The van der Waals surface area contributed by atoms with Gasteiger partial charge in [-0.05, 0) is 11.6 Å². The molecule has 25 heavy (non-hydrogen) atoms. The van der Waals surface area contributed by atoms with Crippen LogP contribution in [0.25, 0.3) is 10.9 Å². The topological polar surface area (TPSA) is 100 Å². The van der Waals surface area contributed by atoms with Crippen LogP contribution in [0.5, 0.6) is 0 Å². The number of hydrogen-bond donors (Lipinski definition) is 3. The van der Waals surface area contributed by atoms with E-state index in [2.05, 4.69) is 15.6 Å². The molecule has 0 radical (unpaired) electrons. The zero-order chi connectivity index (χ0) is 17.8. The predicted octanol–water partition coefficient (Wildman–Crippen LogP) is 0.947. The molecule has 3 rings (SSSR count). The number of thioether (sulfide) groups is 1. The summed E-state index contributed by atoms with van der Waals surface area (Å²) < 4.78 is 4.82. The summed E-state index contributed by atoms with van der Waals surface area (Å²) in [6.45, 7) is 0. The lowest BCUT2D eigenvalue weighted by Gasteiger charge is -2.17. The molecule has 0 bridgehead atoms. The van der Waals surface area contributed by atoms with Crippen molar-refractivity contribution in [2.75, 3.05) is 13.0 Å². The van der Waals surface area contributed by atoms with Gasteiger partial charge in [-0.25, -0.2) is 4.79 Å². The Balaban J connectivity index is 1.70. The normalized spacial score (nSPS) is 18.0. The summed E-state index contributed by atoms with van der Waals surface area (Å²) in [4.78, 5) is 39.1. The van der Waals surface area contributed by atoms with Gasteiger partial charge in [0.15, 0.2) is 0 Å². The van der Waals surface area contributed by atoms with Gasteiger partial charge < -0.3 is 20.4 Å². The molecule has 1 fully saturated rings. The summed E-state index contributed by atoms with van der Waals surface area (Å²) in [7, 11) is 1.29. The van der Waals surface area contributed by atoms with Crippen molar-refractivity contribution in [2.45, 2.75) is 24.1 Å². The number of carbonyl (C=O) groups excluding carboxylic acids is 3. The minimum atomic E-state index is -0.800. The Bertz CT molecular complexity index is 804. The molecule has 1 saturated heterocycles. The second kappa shape index (κ2) is 7.60. The maximum Gasteiger partial charge on any atom is 0.328 e. The molecule has 7 nitrogen and oxygen atoms in total. The van der Waals surface area contributed by atoms with Crippen LogP contribution in [0.3, 0.4) is 0 Å². The summed E-state index contributed by atoms with van der Waals surface area (Å²) >= 11 is 1.38. The summed E-state index contributed by atoms with van der Waals surface area (Å²) in [6.07, 6.45) is 2.18. The molecule has 0 spiro atoms. The van der Waals surface area contributed by atoms with Crippen molar-refractivity contribution in [3.8, 4) is 0 Å². The molecule has 1 aliphatic heterocycles. The highest BCUT2D eigenvalue weighted by atomic mass is 32.2. The van der Waals surface area contributed by atoms with Gasteiger partial charge in [0.1, 0.15) is 6.04 Å². The monoisotopic (exact) mass is 361 g/mol. The highest BCUT2D eigenvalue weighted by Crippen LogP contribution is 2.21. The molecule has 2 amide bonds. The molecule has 8 heteroatoms. The number of hydrogen-bond acceptors (Lipinski definition) is 5. The molecule has 1 aromatic heterocycles. The fraction of sp³-hybridized carbons (Fsp3) is 0.353. The second-order valence-electron chi connectivity index (χ2n) is 5.75. The van der Waals surface area contributed by atoms with Crippen molar-refractivity contribution in [3.63, 3.8) is 0 Å². The minimum Gasteiger partial charge on any atom is -0.467 e. The number of aromatic amines is 1. The van der Waals surface area contributed by atoms with Crippen LogP contribution >= 0.6 is 11.8 Å². The van der Waals surface area contributed by atoms with Gasteiger partial charge in [-0.1, -0.05) is 18.2 Å². The van der Waals surface area contributed by atoms with E-state index in [1.807, 2.05) is 30.5 Å². The van der Waals surface area contributed by atoms with Crippen LogP contribution < -0.4 is 10.6 Å². The second-order valence-corrected chi connectivity index (χ2v) is 6.94. The van der Waals surface area contributed by atoms with Crippen molar-refractivity contribution in [1.82, 2.24) is 15.6 Å². The van der Waals surface area contributed by atoms with Crippen molar-refractivity contribution < 1.29 is 19.1 Å². The Morgan fingerprint density at radius 2 is 2.20 bits per heavy atom. The number of para-hydroxylation sites is 1. The number of amides is 2. The van der Waals surface area contributed by atoms with Crippen molar-refractivity contribution in [3.05, 3.63) is 36.0 Å². The molecule has 2 atom stereocenters. The number of ether oxygens (including phenoxy) is 1. The molecule has 1 aliphatic rings. The number of fused-ring (bicyclic) bond motifs is 1. The smallest absolute Gasteiger partial charge is 0.328 e. The van der Waals surface area contributed by atoms with Crippen LogP contribution in [0.2, 0.25) is 0 Å². The highest BCUT2D eigenvalue weighted by Gasteiger charge is 2.29. The molecule has 2 unspecified atom stereocenters. The standard InChI is InChI=1S/C17H19N3O4S/c1-24-17(23)13(20-15(21)7-14-16(22)19-9-25-14)6-10-8-18-12-5-3-2-4-11(10)12/h2-5,8,13-14,18H,6-7,9H2,1H3,(H,19,22)(H,20,21). The molecule has 0 aliphatic carbocycles. The van der Waals surface area contributed by atoms with Crippen LogP contribution in [0.15, 0.2) is 30.5 Å². The van der Waals surface area contributed by atoms with Gasteiger partial charge in [0.05, 0.1) is 18.2 Å². The first kappa shape index (κ1) is 17.3. The zero-order valence-corrected chi connectivity index (χ0v) is 14.5. The largest absolute Gasteiger partial charge is 0.467 e. The molecule has 2 aromatic rings. The Kier molecular flexibility index (Phi) is 5.28. The minimum absolute atomic E-state index is 0.0396. The van der Waals surface area contributed by atoms with E-state index < -0.39 is 17.3 Å². The molecule has 3 N–H and O–H groups in total. The first-order chi connectivity index (χ1) is 12.1. The molecule has 2 heterocycles. The van der Waals surface area contributed by atoms with E-state index in [1.165, 1.54) is 18.9 Å². The van der Waals surface area contributed by atoms with Crippen LogP contribution in [0.4, 0.5) is 0 Å². The van der Waals surface area contributed by atoms with Crippen LogP contribution in [-0.4, -0.2) is 47.0 Å². The van der Waals surface area contributed by atoms with Gasteiger partial charge in [-0.15, -0.1) is 11.8 Å². The number of H-pyrrole nitrogens is 1.